The minimum absolute atomic E-state index is 0.340. The van der Waals surface area contributed by atoms with Crippen molar-refractivity contribution in [3.63, 3.8) is 0 Å². The predicted molar refractivity (Wildman–Crippen MR) is 124 cm³/mol. The Morgan fingerprint density at radius 3 is 2.23 bits per heavy atom. The largest absolute Gasteiger partial charge is 0.478 e. The van der Waals surface area contributed by atoms with E-state index < -0.39 is 10.0 Å². The summed E-state index contributed by atoms with van der Waals surface area (Å²) in [6.07, 6.45) is 12.8. The van der Waals surface area contributed by atoms with Crippen LogP contribution < -0.4 is 4.72 Å². The fourth-order valence-corrected chi connectivity index (χ4v) is 4.93. The van der Waals surface area contributed by atoms with Gasteiger partial charge in [0.1, 0.15) is 6.61 Å². The maximum atomic E-state index is 12.1. The minimum Gasteiger partial charge on any atom is -0.478 e. The molecular weight excluding hydrogens is 396 g/mol. The Morgan fingerprint density at radius 2 is 1.63 bits per heavy atom. The Hall–Kier alpha value is -1.40. The summed E-state index contributed by atoms with van der Waals surface area (Å²) in [7, 11) is -3.36. The first kappa shape index (κ1) is 24.9. The lowest BCUT2D eigenvalue weighted by molar-refractivity contribution is 0.289. The molecule has 1 aliphatic heterocycles. The summed E-state index contributed by atoms with van der Waals surface area (Å²) < 4.78 is 32.8. The first-order chi connectivity index (χ1) is 14.6. The second-order valence-corrected chi connectivity index (χ2v) is 10.0. The van der Waals surface area contributed by atoms with E-state index in [0.717, 1.165) is 38.2 Å². The molecule has 30 heavy (non-hydrogen) atoms. The topological polar surface area (TPSA) is 67.8 Å². The van der Waals surface area contributed by atoms with Crippen LogP contribution in [0, 0.1) is 5.92 Å². The maximum absolute atomic E-state index is 12.1. The van der Waals surface area contributed by atoms with Crippen LogP contribution in [0.25, 0.3) is 0 Å². The van der Waals surface area contributed by atoms with Crippen molar-refractivity contribution in [1.29, 1.82) is 0 Å². The Bertz CT molecular complexity index is 719. The van der Waals surface area contributed by atoms with Gasteiger partial charge in [-0.3, -0.25) is 0 Å². The van der Waals surface area contributed by atoms with Crippen molar-refractivity contribution in [1.82, 2.24) is 4.72 Å². The number of benzene rings is 1. The number of hydrogen-bond acceptors (Lipinski definition) is 4. The molecule has 1 aromatic rings. The molecule has 6 heteroatoms. The third kappa shape index (κ3) is 8.76. The van der Waals surface area contributed by atoms with Crippen molar-refractivity contribution in [2.45, 2.75) is 95.4 Å². The highest BCUT2D eigenvalue weighted by molar-refractivity contribution is 7.89. The van der Waals surface area contributed by atoms with Crippen LogP contribution in [0.3, 0.4) is 0 Å². The summed E-state index contributed by atoms with van der Waals surface area (Å²) in [6.45, 7) is 5.69. The third-order valence-corrected chi connectivity index (χ3v) is 7.35. The summed E-state index contributed by atoms with van der Waals surface area (Å²) in [6, 6.07) is 8.94. The molecular formula is C24H40N2O3S. The highest BCUT2D eigenvalue weighted by Gasteiger charge is 2.23. The van der Waals surface area contributed by atoms with Gasteiger partial charge < -0.3 is 4.74 Å². The molecule has 2 rings (SSSR count). The van der Waals surface area contributed by atoms with Crippen LogP contribution in [-0.4, -0.2) is 33.5 Å². The van der Waals surface area contributed by atoms with Crippen LogP contribution in [0.15, 0.2) is 40.2 Å². The van der Waals surface area contributed by atoms with Crippen LogP contribution in [0.4, 0.5) is 0 Å². The summed E-state index contributed by atoms with van der Waals surface area (Å²) in [5.74, 6) is 1.51. The molecule has 0 bridgehead atoms. The smallest absolute Gasteiger partial charge is 0.240 e. The maximum Gasteiger partial charge on any atom is 0.240 e. The molecule has 0 saturated heterocycles. The molecule has 0 saturated carbocycles. The van der Waals surface area contributed by atoms with Gasteiger partial charge in [-0.2, -0.15) is 0 Å². The van der Waals surface area contributed by atoms with Gasteiger partial charge in [0.15, 0.2) is 5.90 Å². The van der Waals surface area contributed by atoms with E-state index in [1.807, 2.05) is 6.07 Å². The fourth-order valence-electron chi connectivity index (χ4n) is 3.84. The lowest BCUT2D eigenvalue weighted by Crippen LogP contribution is -2.24. The van der Waals surface area contributed by atoms with Crippen LogP contribution in [0.2, 0.25) is 0 Å². The van der Waals surface area contributed by atoms with Gasteiger partial charge in [0, 0.05) is 12.5 Å². The van der Waals surface area contributed by atoms with Gasteiger partial charge in [0.25, 0.3) is 0 Å². The minimum atomic E-state index is -3.36. The number of rotatable bonds is 16. The number of hydrogen-bond donors (Lipinski definition) is 1. The zero-order valence-corrected chi connectivity index (χ0v) is 19.6. The SMILES string of the molecule is CC[C@@H]1COC([C@@H](CC)CCCCCCCCCCNS(=O)(=O)c2ccccc2)=N1. The van der Waals surface area contributed by atoms with Crippen molar-refractivity contribution >= 4 is 15.9 Å². The van der Waals surface area contributed by atoms with Crippen LogP contribution in [-0.2, 0) is 14.8 Å². The second kappa shape index (κ2) is 13.8. The molecule has 0 amide bonds. The van der Waals surface area contributed by atoms with Gasteiger partial charge in [0.2, 0.25) is 10.0 Å². The van der Waals surface area contributed by atoms with E-state index in [1.54, 1.807) is 24.3 Å². The quantitative estimate of drug-likeness (QED) is 0.338. The average molecular weight is 437 g/mol. The average Bonchev–Trinajstić information content (AvgIpc) is 3.24. The van der Waals surface area contributed by atoms with Crippen molar-refractivity contribution < 1.29 is 13.2 Å². The Labute approximate surface area is 183 Å². The van der Waals surface area contributed by atoms with E-state index >= 15 is 0 Å². The molecule has 5 nitrogen and oxygen atoms in total. The van der Waals surface area contributed by atoms with Crippen molar-refractivity contribution in [3.05, 3.63) is 30.3 Å². The molecule has 0 fully saturated rings. The molecule has 1 aliphatic rings. The van der Waals surface area contributed by atoms with E-state index in [9.17, 15) is 8.42 Å². The standard InChI is InChI=1S/C24H40N2O3S/c1-3-21(24-26-22(4-2)20-29-24)16-12-9-7-5-6-8-10-15-19-25-30(27,28)23-17-13-11-14-18-23/h11,13-14,17-18,21-22,25H,3-10,12,15-16,19-20H2,1-2H3/t21-,22+/m0/s1. The summed E-state index contributed by atoms with van der Waals surface area (Å²) in [5, 5.41) is 0. The molecule has 0 aliphatic carbocycles. The van der Waals surface area contributed by atoms with E-state index in [2.05, 4.69) is 18.6 Å². The van der Waals surface area contributed by atoms with Crippen LogP contribution >= 0.6 is 0 Å². The molecule has 0 radical (unpaired) electrons. The van der Waals surface area contributed by atoms with E-state index in [0.29, 0.717) is 23.4 Å². The Morgan fingerprint density at radius 1 is 1.00 bits per heavy atom. The zero-order valence-electron chi connectivity index (χ0n) is 18.8. The molecule has 1 aromatic carbocycles. The molecule has 0 spiro atoms. The van der Waals surface area contributed by atoms with Crippen LogP contribution in [0.5, 0.6) is 0 Å². The van der Waals surface area contributed by atoms with Gasteiger partial charge >= 0.3 is 0 Å². The summed E-state index contributed by atoms with van der Waals surface area (Å²) in [4.78, 5) is 5.07. The molecule has 2 atom stereocenters. The highest BCUT2D eigenvalue weighted by Crippen LogP contribution is 2.22. The Balaban J connectivity index is 1.45. The number of nitrogens with zero attached hydrogens (tertiary/aromatic N) is 1. The van der Waals surface area contributed by atoms with Crippen molar-refractivity contribution in [2.75, 3.05) is 13.2 Å². The van der Waals surface area contributed by atoms with Gasteiger partial charge in [0.05, 0.1) is 10.9 Å². The van der Waals surface area contributed by atoms with Crippen molar-refractivity contribution in [3.8, 4) is 0 Å². The molecule has 0 unspecified atom stereocenters. The molecule has 0 aromatic heterocycles. The van der Waals surface area contributed by atoms with E-state index in [-0.39, 0.29) is 0 Å². The summed E-state index contributed by atoms with van der Waals surface area (Å²) >= 11 is 0. The first-order valence-electron chi connectivity index (χ1n) is 11.8. The zero-order chi connectivity index (χ0) is 21.7. The highest BCUT2D eigenvalue weighted by atomic mass is 32.2. The number of sulfonamides is 1. The number of unbranched alkanes of at least 4 members (excludes halogenated alkanes) is 7. The molecule has 1 N–H and O–H groups in total. The first-order valence-corrected chi connectivity index (χ1v) is 13.3. The predicted octanol–water partition coefficient (Wildman–Crippen LogP) is 5.71. The second-order valence-electron chi connectivity index (χ2n) is 8.27. The Kier molecular flexibility index (Phi) is 11.4. The van der Waals surface area contributed by atoms with E-state index in [1.165, 1.54) is 44.9 Å². The third-order valence-electron chi connectivity index (χ3n) is 5.87. The molecule has 1 heterocycles. The normalized spacial score (nSPS) is 17.5. The summed E-state index contributed by atoms with van der Waals surface area (Å²) in [5.41, 5.74) is 0. The van der Waals surface area contributed by atoms with Crippen LogP contribution in [0.1, 0.15) is 84.5 Å². The lowest BCUT2D eigenvalue weighted by Gasteiger charge is -2.14. The number of aliphatic imine (C=N–C) groups is 1. The van der Waals surface area contributed by atoms with E-state index in [4.69, 9.17) is 9.73 Å². The number of ether oxygens (including phenoxy) is 1. The fraction of sp³-hybridized carbons (Fsp3) is 0.708. The number of nitrogens with one attached hydrogen (secondary N) is 1. The molecule has 170 valence electrons. The van der Waals surface area contributed by atoms with Gasteiger partial charge in [-0.1, -0.05) is 77.0 Å². The van der Waals surface area contributed by atoms with Crippen molar-refractivity contribution in [2.24, 2.45) is 10.9 Å². The van der Waals surface area contributed by atoms with Gasteiger partial charge in [-0.25, -0.2) is 18.1 Å². The van der Waals surface area contributed by atoms with Gasteiger partial charge in [-0.05, 0) is 37.8 Å². The monoisotopic (exact) mass is 436 g/mol. The van der Waals surface area contributed by atoms with Gasteiger partial charge in [-0.15, -0.1) is 0 Å². The lowest BCUT2D eigenvalue weighted by atomic mass is 9.97.